The second-order valence-electron chi connectivity index (χ2n) is 6.76. The van der Waals surface area contributed by atoms with Crippen molar-refractivity contribution in [3.63, 3.8) is 0 Å². The Morgan fingerprint density at radius 1 is 1.20 bits per heavy atom. The molecule has 0 spiro atoms. The Kier molecular flexibility index (Phi) is 5.59. The fourth-order valence-electron chi connectivity index (χ4n) is 3.67. The Morgan fingerprint density at radius 3 is 2.56 bits per heavy atom. The molecular formula is C18H21ClFNO4. The number of benzene rings is 1. The van der Waals surface area contributed by atoms with Crippen molar-refractivity contribution < 1.29 is 23.8 Å². The fraction of sp³-hybridized carbons (Fsp3) is 0.556. The summed E-state index contributed by atoms with van der Waals surface area (Å²) in [5.41, 5.74) is 0.606. The van der Waals surface area contributed by atoms with Gasteiger partial charge in [0.05, 0.1) is 23.0 Å². The number of hydrogen-bond acceptors (Lipinski definition) is 3. The van der Waals surface area contributed by atoms with Gasteiger partial charge in [-0.3, -0.25) is 9.59 Å². The van der Waals surface area contributed by atoms with Gasteiger partial charge in [0, 0.05) is 12.6 Å². The Labute approximate surface area is 150 Å². The number of carbonyl (C=O) groups is 2. The molecule has 7 heteroatoms. The minimum atomic E-state index is -0.765. The lowest BCUT2D eigenvalue weighted by Gasteiger charge is -2.28. The molecule has 0 radical (unpaired) electrons. The van der Waals surface area contributed by atoms with Crippen LogP contribution in [-0.2, 0) is 14.3 Å². The molecule has 136 valence electrons. The number of halogens is 2. The number of aliphatic carboxylic acids is 1. The van der Waals surface area contributed by atoms with Crippen LogP contribution in [0.15, 0.2) is 18.2 Å². The van der Waals surface area contributed by atoms with E-state index in [-0.39, 0.29) is 28.8 Å². The summed E-state index contributed by atoms with van der Waals surface area (Å²) in [6.45, 7) is 0.443. The van der Waals surface area contributed by atoms with Crippen LogP contribution < -0.4 is 5.32 Å². The first-order valence-corrected chi connectivity index (χ1v) is 8.93. The van der Waals surface area contributed by atoms with Gasteiger partial charge in [-0.25, -0.2) is 4.39 Å². The molecule has 1 saturated carbocycles. The van der Waals surface area contributed by atoms with Crippen LogP contribution in [0.5, 0.6) is 0 Å². The third-order valence-corrected chi connectivity index (χ3v) is 5.43. The lowest BCUT2D eigenvalue weighted by Crippen LogP contribution is -2.42. The Morgan fingerprint density at radius 2 is 1.92 bits per heavy atom. The zero-order valence-electron chi connectivity index (χ0n) is 13.7. The summed E-state index contributed by atoms with van der Waals surface area (Å²) in [6.07, 6.45) is 2.57. The van der Waals surface area contributed by atoms with E-state index in [1.54, 1.807) is 6.07 Å². The van der Waals surface area contributed by atoms with Crippen LogP contribution in [0, 0.1) is 17.7 Å². The van der Waals surface area contributed by atoms with E-state index in [9.17, 15) is 14.0 Å². The first kappa shape index (κ1) is 18.1. The molecule has 2 N–H and O–H groups in total. The van der Waals surface area contributed by atoms with Gasteiger partial charge in [0.1, 0.15) is 5.82 Å². The lowest BCUT2D eigenvalue weighted by atomic mass is 9.85. The van der Waals surface area contributed by atoms with E-state index in [1.807, 2.05) is 0 Å². The molecule has 1 amide bonds. The fourth-order valence-corrected chi connectivity index (χ4v) is 3.79. The summed E-state index contributed by atoms with van der Waals surface area (Å²) in [4.78, 5) is 23.6. The largest absolute Gasteiger partial charge is 0.481 e. The van der Waals surface area contributed by atoms with Gasteiger partial charge in [0.25, 0.3) is 0 Å². The number of amides is 1. The highest BCUT2D eigenvalue weighted by Crippen LogP contribution is 2.36. The van der Waals surface area contributed by atoms with E-state index in [4.69, 9.17) is 21.4 Å². The highest BCUT2D eigenvalue weighted by Gasteiger charge is 2.37. The number of carbonyl (C=O) groups excluding carboxylic acids is 1. The topological polar surface area (TPSA) is 75.6 Å². The van der Waals surface area contributed by atoms with Crippen LogP contribution in [0.2, 0.25) is 5.02 Å². The quantitative estimate of drug-likeness (QED) is 0.853. The first-order valence-electron chi connectivity index (χ1n) is 8.55. The maximum atomic E-state index is 13.7. The summed E-state index contributed by atoms with van der Waals surface area (Å²) in [6, 6.07) is 4.46. The van der Waals surface area contributed by atoms with E-state index in [2.05, 4.69) is 5.32 Å². The van der Waals surface area contributed by atoms with Crippen molar-refractivity contribution in [3.05, 3.63) is 34.6 Å². The van der Waals surface area contributed by atoms with Gasteiger partial charge in [0.15, 0.2) is 0 Å². The van der Waals surface area contributed by atoms with Crippen molar-refractivity contribution in [1.29, 1.82) is 0 Å². The molecule has 1 aromatic carbocycles. The van der Waals surface area contributed by atoms with Crippen LogP contribution in [0.1, 0.15) is 43.8 Å². The molecule has 2 aliphatic rings. The van der Waals surface area contributed by atoms with Crippen molar-refractivity contribution in [3.8, 4) is 0 Å². The molecule has 1 aromatic rings. The molecule has 5 nitrogen and oxygen atoms in total. The molecule has 2 atom stereocenters. The SMILES string of the molecule is O=C(O)C1CCC(NC(=O)[C@@H]2CCO[C@H]2c2ccc(Cl)c(F)c2)CC1. The molecule has 0 aromatic heterocycles. The number of nitrogens with one attached hydrogen (secondary N) is 1. The highest BCUT2D eigenvalue weighted by molar-refractivity contribution is 6.30. The second-order valence-corrected chi connectivity index (χ2v) is 7.16. The molecule has 1 heterocycles. The third-order valence-electron chi connectivity index (χ3n) is 5.12. The summed E-state index contributed by atoms with van der Waals surface area (Å²) < 4.78 is 19.4. The zero-order valence-corrected chi connectivity index (χ0v) is 14.5. The molecule has 2 fully saturated rings. The van der Waals surface area contributed by atoms with E-state index < -0.39 is 17.9 Å². The molecule has 1 saturated heterocycles. The van der Waals surface area contributed by atoms with Crippen LogP contribution in [0.4, 0.5) is 4.39 Å². The Bertz CT molecular complexity index is 660. The van der Waals surface area contributed by atoms with Crippen LogP contribution in [-0.4, -0.2) is 29.6 Å². The summed E-state index contributed by atoms with van der Waals surface area (Å²) >= 11 is 5.71. The predicted octanol–water partition coefficient (Wildman–Crippen LogP) is 3.32. The average Bonchev–Trinajstić information content (AvgIpc) is 3.07. The summed E-state index contributed by atoms with van der Waals surface area (Å²) in [5, 5.41) is 12.1. The van der Waals surface area contributed by atoms with Gasteiger partial charge in [-0.1, -0.05) is 17.7 Å². The Hall–Kier alpha value is -1.66. The van der Waals surface area contributed by atoms with Crippen molar-refractivity contribution in [2.24, 2.45) is 11.8 Å². The zero-order chi connectivity index (χ0) is 18.0. The monoisotopic (exact) mass is 369 g/mol. The first-order chi connectivity index (χ1) is 12.0. The molecule has 1 aliphatic carbocycles. The van der Waals surface area contributed by atoms with Gasteiger partial charge in [-0.05, 0) is 49.8 Å². The van der Waals surface area contributed by atoms with Gasteiger partial charge < -0.3 is 15.2 Å². The number of carboxylic acids is 1. The number of carboxylic acid groups (broad SMARTS) is 1. The molecule has 0 unspecified atom stereocenters. The predicted molar refractivity (Wildman–Crippen MR) is 89.7 cm³/mol. The van der Waals surface area contributed by atoms with Crippen molar-refractivity contribution >= 4 is 23.5 Å². The number of hydrogen-bond donors (Lipinski definition) is 2. The Balaban J connectivity index is 1.61. The highest BCUT2D eigenvalue weighted by atomic mass is 35.5. The maximum absolute atomic E-state index is 13.7. The summed E-state index contributed by atoms with van der Waals surface area (Å²) in [5.74, 6) is -2.10. The standard InChI is InChI=1S/C18H21ClFNO4/c19-14-6-3-11(9-15(14)20)16-13(7-8-25-16)17(22)21-12-4-1-10(2-5-12)18(23)24/h3,6,9-10,12-13,16H,1-2,4-5,7-8H2,(H,21,22)(H,23,24)/t10?,12?,13-,16+/m1/s1. The maximum Gasteiger partial charge on any atom is 0.306 e. The van der Waals surface area contributed by atoms with Gasteiger partial charge in [0.2, 0.25) is 5.91 Å². The minimum absolute atomic E-state index is 0.00805. The van der Waals surface area contributed by atoms with Crippen molar-refractivity contribution in [2.45, 2.75) is 44.2 Å². The van der Waals surface area contributed by atoms with Gasteiger partial charge >= 0.3 is 5.97 Å². The average molecular weight is 370 g/mol. The summed E-state index contributed by atoms with van der Waals surface area (Å²) in [7, 11) is 0. The third kappa shape index (κ3) is 4.12. The van der Waals surface area contributed by atoms with E-state index >= 15 is 0 Å². The van der Waals surface area contributed by atoms with Gasteiger partial charge in [-0.2, -0.15) is 0 Å². The van der Waals surface area contributed by atoms with E-state index in [0.717, 1.165) is 0 Å². The van der Waals surface area contributed by atoms with E-state index in [1.165, 1.54) is 12.1 Å². The minimum Gasteiger partial charge on any atom is -0.481 e. The van der Waals surface area contributed by atoms with Crippen LogP contribution >= 0.6 is 11.6 Å². The van der Waals surface area contributed by atoms with E-state index in [0.29, 0.717) is 44.3 Å². The lowest BCUT2D eigenvalue weighted by molar-refractivity contribution is -0.142. The molecule has 25 heavy (non-hydrogen) atoms. The van der Waals surface area contributed by atoms with Crippen molar-refractivity contribution in [2.75, 3.05) is 6.61 Å². The number of rotatable bonds is 4. The van der Waals surface area contributed by atoms with Crippen LogP contribution in [0.3, 0.4) is 0 Å². The normalized spacial score (nSPS) is 29.4. The van der Waals surface area contributed by atoms with Crippen LogP contribution in [0.25, 0.3) is 0 Å². The van der Waals surface area contributed by atoms with Gasteiger partial charge in [-0.15, -0.1) is 0 Å². The smallest absolute Gasteiger partial charge is 0.306 e. The molecule has 0 bridgehead atoms. The van der Waals surface area contributed by atoms with Crippen molar-refractivity contribution in [1.82, 2.24) is 5.32 Å². The molecule has 1 aliphatic heterocycles. The second kappa shape index (κ2) is 7.70. The number of ether oxygens (including phenoxy) is 1. The molecule has 3 rings (SSSR count). The molecular weight excluding hydrogens is 349 g/mol.